The average Bonchev–Trinajstić information content (AvgIpc) is 2.28. The maximum absolute atomic E-state index is 11.5. The lowest BCUT2D eigenvalue weighted by atomic mass is 9.62. The highest BCUT2D eigenvalue weighted by Crippen LogP contribution is 2.45. The van der Waals surface area contributed by atoms with E-state index in [0.717, 1.165) is 12.8 Å². The van der Waals surface area contributed by atoms with Gasteiger partial charge in [0.15, 0.2) is 0 Å². The van der Waals surface area contributed by atoms with E-state index < -0.39 is 0 Å². The van der Waals surface area contributed by atoms with Crippen LogP contribution >= 0.6 is 0 Å². The molecule has 0 aromatic carbocycles. The fraction of sp³-hybridized carbons (Fsp3) is 0.909. The van der Waals surface area contributed by atoms with E-state index in [-0.39, 0.29) is 11.9 Å². The summed E-state index contributed by atoms with van der Waals surface area (Å²) in [5, 5.41) is 3.36. The summed E-state index contributed by atoms with van der Waals surface area (Å²) in [6.07, 6.45) is 4.68. The lowest BCUT2D eigenvalue weighted by Gasteiger charge is -2.46. The van der Waals surface area contributed by atoms with Crippen molar-refractivity contribution in [3.05, 3.63) is 0 Å². The SMILES string of the molecule is CN[C@H]1C[C@H]2CC[C@@H]1C[C@H]2C(=O)OC. The van der Waals surface area contributed by atoms with Crippen LogP contribution in [0.5, 0.6) is 0 Å². The minimum absolute atomic E-state index is 0.00857. The Hall–Kier alpha value is -0.570. The molecule has 3 saturated carbocycles. The maximum atomic E-state index is 11.5. The molecule has 0 heterocycles. The summed E-state index contributed by atoms with van der Waals surface area (Å²) in [4.78, 5) is 11.5. The molecule has 1 N–H and O–H groups in total. The van der Waals surface area contributed by atoms with Crippen molar-refractivity contribution < 1.29 is 9.53 Å². The molecule has 0 spiro atoms. The highest BCUT2D eigenvalue weighted by atomic mass is 16.5. The standard InChI is InChI=1S/C11H19NO2/c1-12-10-6-7-3-4-8(10)5-9(7)11(13)14-2/h7-10,12H,3-6H2,1-2H3/t7-,8-,9-,10+/m1/s1. The molecule has 14 heavy (non-hydrogen) atoms. The van der Waals surface area contributed by atoms with E-state index in [0.29, 0.717) is 17.9 Å². The van der Waals surface area contributed by atoms with Crippen LogP contribution in [-0.4, -0.2) is 26.2 Å². The molecule has 0 amide bonds. The number of esters is 1. The first-order chi connectivity index (χ1) is 6.76. The summed E-state index contributed by atoms with van der Waals surface area (Å²) in [5.74, 6) is 1.44. The van der Waals surface area contributed by atoms with Gasteiger partial charge < -0.3 is 10.1 Å². The van der Waals surface area contributed by atoms with Gasteiger partial charge in [-0.3, -0.25) is 4.79 Å². The second-order valence-corrected chi connectivity index (χ2v) is 4.59. The van der Waals surface area contributed by atoms with Crippen LogP contribution in [0.3, 0.4) is 0 Å². The maximum Gasteiger partial charge on any atom is 0.308 e. The highest BCUT2D eigenvalue weighted by molar-refractivity contribution is 5.73. The smallest absolute Gasteiger partial charge is 0.308 e. The summed E-state index contributed by atoms with van der Waals surface area (Å²) in [5.41, 5.74) is 0. The van der Waals surface area contributed by atoms with Crippen molar-refractivity contribution >= 4 is 5.97 Å². The number of methoxy groups -OCH3 is 1. The van der Waals surface area contributed by atoms with Crippen LogP contribution in [0.4, 0.5) is 0 Å². The van der Waals surface area contributed by atoms with Gasteiger partial charge in [-0.25, -0.2) is 0 Å². The van der Waals surface area contributed by atoms with Crippen molar-refractivity contribution in [1.29, 1.82) is 0 Å². The van der Waals surface area contributed by atoms with Gasteiger partial charge in [0.05, 0.1) is 13.0 Å². The molecule has 2 bridgehead atoms. The van der Waals surface area contributed by atoms with Gasteiger partial charge in [0.1, 0.15) is 0 Å². The summed E-state index contributed by atoms with van der Waals surface area (Å²) in [6, 6.07) is 0.634. The molecular weight excluding hydrogens is 178 g/mol. The van der Waals surface area contributed by atoms with E-state index >= 15 is 0 Å². The van der Waals surface area contributed by atoms with Crippen LogP contribution in [0.1, 0.15) is 25.7 Å². The Kier molecular flexibility index (Phi) is 2.77. The lowest BCUT2D eigenvalue weighted by Crippen LogP contribution is -2.48. The van der Waals surface area contributed by atoms with Gasteiger partial charge in [-0.2, -0.15) is 0 Å². The molecule has 0 aromatic heterocycles. The van der Waals surface area contributed by atoms with E-state index in [2.05, 4.69) is 5.32 Å². The molecule has 3 nitrogen and oxygen atoms in total. The Bertz CT molecular complexity index is 229. The molecule has 0 radical (unpaired) electrons. The van der Waals surface area contributed by atoms with Crippen molar-refractivity contribution in [2.45, 2.75) is 31.7 Å². The molecule has 0 unspecified atom stereocenters. The Morgan fingerprint density at radius 1 is 1.29 bits per heavy atom. The number of rotatable bonds is 2. The zero-order chi connectivity index (χ0) is 10.1. The predicted octanol–water partition coefficient (Wildman–Crippen LogP) is 1.18. The third-order valence-corrected chi connectivity index (χ3v) is 4.03. The minimum atomic E-state index is 0.00857. The van der Waals surface area contributed by atoms with Gasteiger partial charge in [0.2, 0.25) is 0 Å². The van der Waals surface area contributed by atoms with Crippen LogP contribution in [-0.2, 0) is 9.53 Å². The van der Waals surface area contributed by atoms with Crippen LogP contribution in [0.2, 0.25) is 0 Å². The highest BCUT2D eigenvalue weighted by Gasteiger charge is 2.44. The van der Waals surface area contributed by atoms with Crippen LogP contribution < -0.4 is 5.32 Å². The fourth-order valence-electron chi connectivity index (χ4n) is 3.23. The van der Waals surface area contributed by atoms with Gasteiger partial charge in [0, 0.05) is 6.04 Å². The zero-order valence-corrected chi connectivity index (χ0v) is 8.95. The Morgan fingerprint density at radius 2 is 2.00 bits per heavy atom. The quantitative estimate of drug-likeness (QED) is 0.676. The van der Waals surface area contributed by atoms with Gasteiger partial charge >= 0.3 is 5.97 Å². The van der Waals surface area contributed by atoms with Gasteiger partial charge in [-0.15, -0.1) is 0 Å². The summed E-state index contributed by atoms with van der Waals surface area (Å²) >= 11 is 0. The van der Waals surface area contributed by atoms with Crippen molar-refractivity contribution in [2.24, 2.45) is 17.8 Å². The fourth-order valence-corrected chi connectivity index (χ4v) is 3.23. The van der Waals surface area contributed by atoms with E-state index in [9.17, 15) is 4.79 Å². The van der Waals surface area contributed by atoms with Crippen molar-refractivity contribution in [1.82, 2.24) is 5.32 Å². The molecule has 0 aliphatic heterocycles. The summed E-state index contributed by atoms with van der Waals surface area (Å²) in [7, 11) is 3.53. The molecule has 0 aromatic rings. The number of hydrogen-bond acceptors (Lipinski definition) is 3. The first-order valence-corrected chi connectivity index (χ1v) is 5.51. The second kappa shape index (κ2) is 3.89. The Balaban J connectivity index is 2.04. The largest absolute Gasteiger partial charge is 0.469 e. The number of carbonyl (C=O) groups is 1. The molecule has 0 saturated heterocycles. The van der Waals surface area contributed by atoms with Crippen molar-refractivity contribution in [3.8, 4) is 0 Å². The molecule has 3 heteroatoms. The minimum Gasteiger partial charge on any atom is -0.469 e. The topological polar surface area (TPSA) is 38.3 Å². The molecule has 3 fully saturated rings. The first-order valence-electron chi connectivity index (χ1n) is 5.51. The van der Waals surface area contributed by atoms with Crippen molar-refractivity contribution in [2.75, 3.05) is 14.2 Å². The molecule has 4 atom stereocenters. The van der Waals surface area contributed by atoms with Crippen LogP contribution in [0.15, 0.2) is 0 Å². The normalized spacial score (nSPS) is 41.0. The first kappa shape index (κ1) is 9.97. The number of carbonyl (C=O) groups excluding carboxylic acids is 1. The Labute approximate surface area is 85.2 Å². The third kappa shape index (κ3) is 1.54. The van der Waals surface area contributed by atoms with Gasteiger partial charge in [0.25, 0.3) is 0 Å². The predicted molar refractivity (Wildman–Crippen MR) is 53.8 cm³/mol. The molecule has 3 aliphatic rings. The van der Waals surface area contributed by atoms with Gasteiger partial charge in [-0.1, -0.05) is 0 Å². The molecule has 3 rings (SSSR count). The molecule has 80 valence electrons. The molecular formula is C11H19NO2. The van der Waals surface area contributed by atoms with Gasteiger partial charge in [-0.05, 0) is 44.6 Å². The molecule has 3 aliphatic carbocycles. The lowest BCUT2D eigenvalue weighted by molar-refractivity contribution is -0.151. The number of hydrogen-bond donors (Lipinski definition) is 1. The van der Waals surface area contributed by atoms with E-state index in [1.807, 2.05) is 7.05 Å². The van der Waals surface area contributed by atoms with E-state index in [1.54, 1.807) is 0 Å². The summed E-state index contributed by atoms with van der Waals surface area (Å²) < 4.78 is 4.85. The number of nitrogens with one attached hydrogen (secondary N) is 1. The van der Waals surface area contributed by atoms with Crippen molar-refractivity contribution in [3.63, 3.8) is 0 Å². The van der Waals surface area contributed by atoms with Crippen LogP contribution in [0, 0.1) is 17.8 Å². The van der Waals surface area contributed by atoms with E-state index in [1.165, 1.54) is 20.0 Å². The summed E-state index contributed by atoms with van der Waals surface area (Å²) in [6.45, 7) is 0. The van der Waals surface area contributed by atoms with E-state index in [4.69, 9.17) is 4.74 Å². The zero-order valence-electron chi connectivity index (χ0n) is 8.95. The number of fused-ring (bicyclic) bond motifs is 3. The monoisotopic (exact) mass is 197 g/mol. The Morgan fingerprint density at radius 3 is 2.50 bits per heavy atom. The second-order valence-electron chi connectivity index (χ2n) is 4.59. The third-order valence-electron chi connectivity index (χ3n) is 4.03. The average molecular weight is 197 g/mol. The number of ether oxygens (including phenoxy) is 1. The van der Waals surface area contributed by atoms with Crippen LogP contribution in [0.25, 0.3) is 0 Å².